The van der Waals surface area contributed by atoms with Crippen LogP contribution in [0.5, 0.6) is 11.6 Å². The number of hydrogen-bond donors (Lipinski definition) is 2. The van der Waals surface area contributed by atoms with Gasteiger partial charge in [0.05, 0.1) is 29.0 Å². The highest BCUT2D eigenvalue weighted by atomic mass is 16.5. The van der Waals surface area contributed by atoms with Crippen molar-refractivity contribution in [1.82, 2.24) is 19.7 Å². The molecule has 0 saturated heterocycles. The van der Waals surface area contributed by atoms with Gasteiger partial charge in [-0.15, -0.1) is 0 Å². The minimum atomic E-state index is -0.805. The molecule has 28 heavy (non-hydrogen) atoms. The summed E-state index contributed by atoms with van der Waals surface area (Å²) in [5.74, 6) is 2.00. The van der Waals surface area contributed by atoms with Crippen molar-refractivity contribution < 1.29 is 9.84 Å². The minimum absolute atomic E-state index is 0.0950. The Morgan fingerprint density at radius 1 is 1.32 bits per heavy atom. The zero-order valence-corrected chi connectivity index (χ0v) is 15.4. The number of nitriles is 1. The highest BCUT2D eigenvalue weighted by molar-refractivity contribution is 5.66. The molecule has 4 rings (SSSR count). The Balaban J connectivity index is 1.69. The molecule has 0 radical (unpaired) electrons. The quantitative estimate of drug-likeness (QED) is 0.677. The van der Waals surface area contributed by atoms with Crippen molar-refractivity contribution in [3.8, 4) is 29.1 Å². The fraction of sp³-hybridized carbons (Fsp3) is 0.300. The average molecular weight is 376 g/mol. The lowest BCUT2D eigenvalue weighted by atomic mass is 10.1. The molecule has 0 amide bonds. The molecule has 1 aromatic carbocycles. The van der Waals surface area contributed by atoms with Gasteiger partial charge in [-0.2, -0.15) is 10.4 Å². The van der Waals surface area contributed by atoms with Crippen molar-refractivity contribution in [2.45, 2.75) is 24.9 Å². The van der Waals surface area contributed by atoms with Gasteiger partial charge in [0.25, 0.3) is 0 Å². The molecule has 0 bridgehead atoms. The molecule has 0 spiro atoms. The van der Waals surface area contributed by atoms with E-state index in [0.29, 0.717) is 40.1 Å². The number of hydrogen-bond acceptors (Lipinski definition) is 7. The van der Waals surface area contributed by atoms with Crippen LogP contribution in [-0.2, 0) is 7.05 Å². The molecule has 1 aliphatic carbocycles. The fourth-order valence-corrected chi connectivity index (χ4v) is 2.90. The predicted molar refractivity (Wildman–Crippen MR) is 101 cm³/mol. The molecule has 2 heterocycles. The van der Waals surface area contributed by atoms with E-state index in [1.165, 1.54) is 12.4 Å². The van der Waals surface area contributed by atoms with Crippen LogP contribution in [0, 0.1) is 11.3 Å². The maximum Gasteiger partial charge on any atom is 0.217 e. The Kier molecular flexibility index (Phi) is 4.77. The molecule has 3 N–H and O–H groups in total. The number of benzene rings is 1. The number of aliphatic hydroxyl groups excluding tert-OH is 1. The lowest BCUT2D eigenvalue weighted by Crippen LogP contribution is -2.12. The Hall–Kier alpha value is -3.28. The van der Waals surface area contributed by atoms with Gasteiger partial charge < -0.3 is 15.6 Å². The lowest BCUT2D eigenvalue weighted by molar-refractivity contribution is 0.186. The summed E-state index contributed by atoms with van der Waals surface area (Å²) in [5.41, 5.74) is 8.15. The maximum absolute atomic E-state index is 9.82. The number of ether oxygens (including phenoxy) is 1. The lowest BCUT2D eigenvalue weighted by Gasteiger charge is -2.12. The van der Waals surface area contributed by atoms with Crippen LogP contribution in [0.4, 0.5) is 0 Å². The van der Waals surface area contributed by atoms with Crippen molar-refractivity contribution in [2.75, 3.05) is 6.54 Å². The molecular weight excluding hydrogens is 356 g/mol. The third-order valence-corrected chi connectivity index (χ3v) is 4.70. The van der Waals surface area contributed by atoms with Crippen molar-refractivity contribution in [1.29, 1.82) is 5.26 Å². The van der Waals surface area contributed by atoms with E-state index < -0.39 is 6.10 Å². The van der Waals surface area contributed by atoms with Gasteiger partial charge >= 0.3 is 0 Å². The molecular formula is C20H20N6O2. The topological polar surface area (TPSA) is 123 Å². The van der Waals surface area contributed by atoms with Crippen molar-refractivity contribution in [3.05, 3.63) is 53.5 Å². The van der Waals surface area contributed by atoms with Crippen LogP contribution in [0.25, 0.3) is 11.4 Å². The summed E-state index contributed by atoms with van der Waals surface area (Å²) in [6.07, 6.45) is 4.58. The smallest absolute Gasteiger partial charge is 0.217 e. The number of rotatable bonds is 6. The molecule has 1 saturated carbocycles. The fourth-order valence-electron chi connectivity index (χ4n) is 2.90. The van der Waals surface area contributed by atoms with E-state index in [-0.39, 0.29) is 6.54 Å². The third-order valence-electron chi connectivity index (χ3n) is 4.70. The Morgan fingerprint density at radius 2 is 2.07 bits per heavy atom. The first-order valence-corrected chi connectivity index (χ1v) is 9.05. The zero-order valence-electron chi connectivity index (χ0n) is 15.4. The molecule has 1 atom stereocenters. The third kappa shape index (κ3) is 3.58. The number of aliphatic hydroxyl groups is 1. The number of nitrogens with zero attached hydrogens (tertiary/aromatic N) is 5. The van der Waals surface area contributed by atoms with E-state index in [1.54, 1.807) is 22.9 Å². The molecule has 8 nitrogen and oxygen atoms in total. The standard InChI is InChI=1S/C20H20N6O2/c1-26-19(7-16(25-26)13-3-4-13)28-18-6-12(8-21)2-5-15(18)20-23-10-14(11-24-20)17(27)9-22/h2,5-7,10-11,13,17,27H,3-4,9,22H2,1H3/t17-/m1/s1. The summed E-state index contributed by atoms with van der Waals surface area (Å²) in [7, 11) is 1.83. The maximum atomic E-state index is 9.82. The van der Waals surface area contributed by atoms with Gasteiger partial charge in [-0.3, -0.25) is 0 Å². The Labute approximate surface area is 162 Å². The van der Waals surface area contributed by atoms with Crippen LogP contribution in [0.3, 0.4) is 0 Å². The number of aryl methyl sites for hydroxylation is 1. The highest BCUT2D eigenvalue weighted by Gasteiger charge is 2.27. The average Bonchev–Trinajstić information content (AvgIpc) is 3.51. The number of nitrogens with two attached hydrogens (primary N) is 1. The van der Waals surface area contributed by atoms with Crippen LogP contribution in [0.1, 0.15) is 41.7 Å². The van der Waals surface area contributed by atoms with Gasteiger partial charge in [-0.05, 0) is 31.0 Å². The second-order valence-corrected chi connectivity index (χ2v) is 6.82. The second kappa shape index (κ2) is 7.38. The van der Waals surface area contributed by atoms with E-state index in [4.69, 9.17) is 10.5 Å². The summed E-state index contributed by atoms with van der Waals surface area (Å²) >= 11 is 0. The Morgan fingerprint density at radius 3 is 2.71 bits per heavy atom. The highest BCUT2D eigenvalue weighted by Crippen LogP contribution is 2.41. The van der Waals surface area contributed by atoms with E-state index >= 15 is 0 Å². The van der Waals surface area contributed by atoms with E-state index in [9.17, 15) is 10.4 Å². The molecule has 0 unspecified atom stereocenters. The zero-order chi connectivity index (χ0) is 19.7. The van der Waals surface area contributed by atoms with Gasteiger partial charge in [-0.1, -0.05) is 0 Å². The van der Waals surface area contributed by atoms with Crippen LogP contribution < -0.4 is 10.5 Å². The van der Waals surface area contributed by atoms with Crippen molar-refractivity contribution in [3.63, 3.8) is 0 Å². The van der Waals surface area contributed by atoms with Gasteiger partial charge in [0.2, 0.25) is 5.88 Å². The van der Waals surface area contributed by atoms with Crippen LogP contribution in [0.2, 0.25) is 0 Å². The van der Waals surface area contributed by atoms with Crippen molar-refractivity contribution >= 4 is 0 Å². The largest absolute Gasteiger partial charge is 0.438 e. The second-order valence-electron chi connectivity index (χ2n) is 6.82. The molecule has 1 aliphatic rings. The first kappa shape index (κ1) is 18.1. The summed E-state index contributed by atoms with van der Waals surface area (Å²) in [4.78, 5) is 8.66. The number of aromatic nitrogens is 4. The van der Waals surface area contributed by atoms with Gasteiger partial charge in [0.15, 0.2) is 5.82 Å². The predicted octanol–water partition coefficient (Wildman–Crippen LogP) is 2.41. The van der Waals surface area contributed by atoms with Crippen LogP contribution in [-0.4, -0.2) is 31.4 Å². The molecule has 0 aliphatic heterocycles. The molecule has 1 fully saturated rings. The van der Waals surface area contributed by atoms with E-state index in [0.717, 1.165) is 18.5 Å². The first-order chi connectivity index (χ1) is 13.6. The minimum Gasteiger partial charge on any atom is -0.438 e. The molecule has 3 aromatic rings. The van der Waals surface area contributed by atoms with Gasteiger partial charge in [0.1, 0.15) is 5.75 Å². The summed E-state index contributed by atoms with van der Waals surface area (Å²) in [6, 6.07) is 9.15. The van der Waals surface area contributed by atoms with Crippen LogP contribution in [0.15, 0.2) is 36.7 Å². The first-order valence-electron chi connectivity index (χ1n) is 9.05. The Bertz CT molecular complexity index is 1030. The molecule has 142 valence electrons. The van der Waals surface area contributed by atoms with E-state index in [2.05, 4.69) is 21.1 Å². The molecule has 8 heteroatoms. The summed E-state index contributed by atoms with van der Waals surface area (Å²) in [5, 5.41) is 23.6. The van der Waals surface area contributed by atoms with Gasteiger partial charge in [0, 0.05) is 43.5 Å². The summed E-state index contributed by atoms with van der Waals surface area (Å²) < 4.78 is 7.79. The SMILES string of the molecule is Cn1nc(C2CC2)cc1Oc1cc(C#N)ccc1-c1ncc([C@H](O)CN)cn1. The molecule has 2 aromatic heterocycles. The monoisotopic (exact) mass is 376 g/mol. The normalized spacial score (nSPS) is 14.5. The van der Waals surface area contributed by atoms with Crippen molar-refractivity contribution in [2.24, 2.45) is 12.8 Å². The summed E-state index contributed by atoms with van der Waals surface area (Å²) in [6.45, 7) is 0.0950. The van der Waals surface area contributed by atoms with Gasteiger partial charge in [-0.25, -0.2) is 14.6 Å². The van der Waals surface area contributed by atoms with E-state index in [1.807, 2.05) is 13.1 Å². The van der Waals surface area contributed by atoms with Crippen LogP contribution >= 0.6 is 0 Å².